The SMILES string of the molecule is COC(=O)C(CCSC)NC(=O)CN(Cc1cccc2ccccc12)C[C@@H]1CCCN1C(=O)CN(C)C. The molecule has 1 N–H and O–H groups in total. The molecule has 1 heterocycles. The molecular weight excluding hydrogens is 488 g/mol. The van der Waals surface area contributed by atoms with E-state index >= 15 is 0 Å². The van der Waals surface area contributed by atoms with Gasteiger partial charge in [-0.3, -0.25) is 14.5 Å². The molecule has 0 bridgehead atoms. The summed E-state index contributed by atoms with van der Waals surface area (Å²) in [6.45, 7) is 2.39. The molecular formula is C28H40N4O4S. The summed E-state index contributed by atoms with van der Waals surface area (Å²) in [5.74, 6) is 0.204. The second-order valence-electron chi connectivity index (χ2n) is 9.85. The number of thioether (sulfide) groups is 1. The molecule has 0 spiro atoms. The first-order valence-electron chi connectivity index (χ1n) is 12.8. The monoisotopic (exact) mass is 528 g/mol. The number of esters is 1. The van der Waals surface area contributed by atoms with Crippen LogP contribution < -0.4 is 5.32 Å². The number of methoxy groups -OCH3 is 1. The number of benzene rings is 2. The summed E-state index contributed by atoms with van der Waals surface area (Å²) in [5, 5.41) is 5.18. The van der Waals surface area contributed by atoms with Crippen LogP contribution in [0.5, 0.6) is 0 Å². The van der Waals surface area contributed by atoms with Gasteiger partial charge in [-0.25, -0.2) is 4.79 Å². The number of carbonyl (C=O) groups is 3. The van der Waals surface area contributed by atoms with E-state index in [1.165, 1.54) is 7.11 Å². The number of likely N-dealkylation sites (tertiary alicyclic amines) is 1. The van der Waals surface area contributed by atoms with Crippen molar-refractivity contribution in [2.24, 2.45) is 0 Å². The van der Waals surface area contributed by atoms with E-state index in [-0.39, 0.29) is 24.4 Å². The van der Waals surface area contributed by atoms with Gasteiger partial charge in [0, 0.05) is 25.7 Å². The predicted octanol–water partition coefficient (Wildman–Crippen LogP) is 2.61. The average molecular weight is 529 g/mol. The van der Waals surface area contributed by atoms with Crippen LogP contribution in [0.2, 0.25) is 0 Å². The van der Waals surface area contributed by atoms with Crippen molar-refractivity contribution in [2.75, 3.05) is 59.4 Å². The van der Waals surface area contributed by atoms with Crippen molar-refractivity contribution in [3.63, 3.8) is 0 Å². The van der Waals surface area contributed by atoms with Crippen molar-refractivity contribution in [1.29, 1.82) is 0 Å². The van der Waals surface area contributed by atoms with Gasteiger partial charge in [-0.15, -0.1) is 0 Å². The molecule has 2 aromatic carbocycles. The molecule has 0 radical (unpaired) electrons. The van der Waals surface area contributed by atoms with Gasteiger partial charge in [-0.2, -0.15) is 11.8 Å². The van der Waals surface area contributed by atoms with E-state index in [2.05, 4.69) is 34.5 Å². The van der Waals surface area contributed by atoms with Crippen LogP contribution in [-0.2, 0) is 25.7 Å². The standard InChI is InChI=1S/C28H40N4O4S/c1-30(2)20-27(34)32-15-8-12-23(32)18-31(17-22-11-7-10-21-9-5-6-13-24(21)22)19-26(33)29-25(14-16-37-4)28(35)36-3/h5-7,9-11,13,23,25H,8,12,14-20H2,1-4H3,(H,29,33)/t23-,25?/m0/s1. The van der Waals surface area contributed by atoms with Gasteiger partial charge in [-0.1, -0.05) is 42.5 Å². The topological polar surface area (TPSA) is 82.2 Å². The Morgan fingerprint density at radius 3 is 2.62 bits per heavy atom. The Labute approximate surface area is 224 Å². The summed E-state index contributed by atoms with van der Waals surface area (Å²) in [4.78, 5) is 44.3. The highest BCUT2D eigenvalue weighted by molar-refractivity contribution is 7.98. The molecule has 37 heavy (non-hydrogen) atoms. The molecule has 2 amide bonds. The number of fused-ring (bicyclic) bond motifs is 1. The fraction of sp³-hybridized carbons (Fsp3) is 0.536. The summed E-state index contributed by atoms with van der Waals surface area (Å²) in [6, 6.07) is 13.8. The molecule has 0 saturated carbocycles. The molecule has 8 nitrogen and oxygen atoms in total. The van der Waals surface area contributed by atoms with Crippen molar-refractivity contribution < 1.29 is 19.1 Å². The molecule has 0 aromatic heterocycles. The van der Waals surface area contributed by atoms with Crippen LogP contribution in [0.1, 0.15) is 24.8 Å². The lowest BCUT2D eigenvalue weighted by Crippen LogP contribution is -2.50. The first-order chi connectivity index (χ1) is 17.8. The van der Waals surface area contributed by atoms with Crippen molar-refractivity contribution >= 4 is 40.3 Å². The van der Waals surface area contributed by atoms with Gasteiger partial charge in [0.2, 0.25) is 11.8 Å². The molecule has 1 unspecified atom stereocenters. The zero-order valence-corrected chi connectivity index (χ0v) is 23.3. The largest absolute Gasteiger partial charge is 0.467 e. The van der Waals surface area contributed by atoms with Crippen molar-refractivity contribution in [1.82, 2.24) is 20.0 Å². The van der Waals surface area contributed by atoms with Crippen LogP contribution in [0.25, 0.3) is 10.8 Å². The highest BCUT2D eigenvalue weighted by Gasteiger charge is 2.31. The second kappa shape index (κ2) is 14.4. The summed E-state index contributed by atoms with van der Waals surface area (Å²) in [6.07, 6.45) is 4.34. The molecule has 2 atom stereocenters. The van der Waals surface area contributed by atoms with E-state index in [4.69, 9.17) is 4.74 Å². The normalized spacial score (nSPS) is 16.4. The van der Waals surface area contributed by atoms with Gasteiger partial charge in [-0.05, 0) is 61.7 Å². The Morgan fingerprint density at radius 1 is 1.14 bits per heavy atom. The average Bonchev–Trinajstić information content (AvgIpc) is 3.34. The van der Waals surface area contributed by atoms with Crippen molar-refractivity contribution in [2.45, 2.75) is 37.9 Å². The van der Waals surface area contributed by atoms with Crippen LogP contribution >= 0.6 is 11.8 Å². The molecule has 1 saturated heterocycles. The van der Waals surface area contributed by atoms with E-state index in [0.29, 0.717) is 26.1 Å². The summed E-state index contributed by atoms with van der Waals surface area (Å²) >= 11 is 1.62. The number of carbonyl (C=O) groups excluding carboxylic acids is 3. The number of hydrogen-bond donors (Lipinski definition) is 1. The molecule has 2 aromatic rings. The minimum Gasteiger partial charge on any atom is -0.467 e. The van der Waals surface area contributed by atoms with Crippen LogP contribution in [0.3, 0.4) is 0 Å². The van der Waals surface area contributed by atoms with E-state index in [0.717, 1.165) is 41.5 Å². The Morgan fingerprint density at radius 2 is 1.89 bits per heavy atom. The lowest BCUT2D eigenvalue weighted by molar-refractivity contribution is -0.145. The third kappa shape index (κ3) is 8.45. The zero-order valence-electron chi connectivity index (χ0n) is 22.4. The van der Waals surface area contributed by atoms with Crippen LogP contribution in [0, 0.1) is 0 Å². The van der Waals surface area contributed by atoms with Crippen molar-refractivity contribution in [3.05, 3.63) is 48.0 Å². The zero-order chi connectivity index (χ0) is 26.8. The minimum absolute atomic E-state index is 0.0446. The highest BCUT2D eigenvalue weighted by Crippen LogP contribution is 2.23. The Bertz CT molecular complexity index is 1060. The molecule has 1 fully saturated rings. The fourth-order valence-electron chi connectivity index (χ4n) is 4.94. The van der Waals surface area contributed by atoms with Crippen molar-refractivity contribution in [3.8, 4) is 0 Å². The quantitative estimate of drug-likeness (QED) is 0.400. The lowest BCUT2D eigenvalue weighted by Gasteiger charge is -2.32. The number of rotatable bonds is 13. The molecule has 0 aliphatic carbocycles. The van der Waals surface area contributed by atoms with Gasteiger partial charge in [0.1, 0.15) is 6.04 Å². The number of nitrogens with zero attached hydrogens (tertiary/aromatic N) is 3. The summed E-state index contributed by atoms with van der Waals surface area (Å²) < 4.78 is 4.91. The Hall–Kier alpha value is -2.62. The number of ether oxygens (including phenoxy) is 1. The number of nitrogens with one attached hydrogen (secondary N) is 1. The highest BCUT2D eigenvalue weighted by atomic mass is 32.2. The van der Waals surface area contributed by atoms with Gasteiger partial charge < -0.3 is 19.9 Å². The molecule has 1 aliphatic heterocycles. The van der Waals surface area contributed by atoms with Crippen LogP contribution in [0.15, 0.2) is 42.5 Å². The molecule has 9 heteroatoms. The Balaban J connectivity index is 1.80. The predicted molar refractivity (Wildman–Crippen MR) is 149 cm³/mol. The first-order valence-corrected chi connectivity index (χ1v) is 14.2. The second-order valence-corrected chi connectivity index (χ2v) is 10.8. The number of amides is 2. The Kier molecular flexibility index (Phi) is 11.2. The van der Waals surface area contributed by atoms with E-state index in [9.17, 15) is 14.4 Å². The third-order valence-corrected chi connectivity index (χ3v) is 7.33. The van der Waals surface area contributed by atoms with Gasteiger partial charge >= 0.3 is 5.97 Å². The third-order valence-electron chi connectivity index (χ3n) is 6.69. The smallest absolute Gasteiger partial charge is 0.328 e. The molecule has 1 aliphatic rings. The van der Waals surface area contributed by atoms with Crippen LogP contribution in [0.4, 0.5) is 0 Å². The summed E-state index contributed by atoms with van der Waals surface area (Å²) in [7, 11) is 5.14. The van der Waals surface area contributed by atoms with Gasteiger partial charge in [0.05, 0.1) is 20.2 Å². The number of hydrogen-bond acceptors (Lipinski definition) is 7. The maximum Gasteiger partial charge on any atom is 0.328 e. The fourth-order valence-corrected chi connectivity index (χ4v) is 5.41. The van der Waals surface area contributed by atoms with E-state index in [1.54, 1.807) is 11.8 Å². The van der Waals surface area contributed by atoms with E-state index in [1.807, 2.05) is 48.4 Å². The first kappa shape index (κ1) is 28.9. The van der Waals surface area contributed by atoms with Crippen LogP contribution in [-0.4, -0.2) is 104 Å². The molecule has 3 rings (SSSR count). The summed E-state index contributed by atoms with van der Waals surface area (Å²) in [5.41, 5.74) is 1.13. The van der Waals surface area contributed by atoms with E-state index < -0.39 is 12.0 Å². The van der Waals surface area contributed by atoms with Gasteiger partial charge in [0.25, 0.3) is 0 Å². The minimum atomic E-state index is -0.672. The molecule has 202 valence electrons. The lowest BCUT2D eigenvalue weighted by atomic mass is 10.0. The maximum atomic E-state index is 13.2. The number of likely N-dealkylation sites (N-methyl/N-ethyl adjacent to an activating group) is 1. The maximum absolute atomic E-state index is 13.2. The van der Waals surface area contributed by atoms with Gasteiger partial charge in [0.15, 0.2) is 0 Å².